The van der Waals surface area contributed by atoms with Crippen molar-refractivity contribution in [3.8, 4) is 0 Å². The molecule has 0 bridgehead atoms. The van der Waals surface area contributed by atoms with E-state index in [1.807, 2.05) is 25.7 Å². The lowest BCUT2D eigenvalue weighted by Crippen LogP contribution is -2.51. The molecule has 4 heteroatoms. The molecule has 134 valence electrons. The molecule has 1 aliphatic heterocycles. The topological polar surface area (TPSA) is 41.6 Å². The summed E-state index contributed by atoms with van der Waals surface area (Å²) in [6.45, 7) is 12.3. The average molecular weight is 325 g/mol. The van der Waals surface area contributed by atoms with E-state index in [1.165, 1.54) is 25.7 Å². The summed E-state index contributed by atoms with van der Waals surface area (Å²) in [5.41, 5.74) is -0.415. The van der Waals surface area contributed by atoms with Gasteiger partial charge >= 0.3 is 6.09 Å². The SMILES string of the molecule is CC1CCC(NCC2CCCCN2C(=O)OC(C)(C)C)CC1C. The van der Waals surface area contributed by atoms with Gasteiger partial charge in [0, 0.05) is 25.2 Å². The summed E-state index contributed by atoms with van der Waals surface area (Å²) in [7, 11) is 0. The number of likely N-dealkylation sites (tertiary alicyclic amines) is 1. The predicted molar refractivity (Wildman–Crippen MR) is 94.5 cm³/mol. The van der Waals surface area contributed by atoms with Crippen molar-refractivity contribution in [1.82, 2.24) is 10.2 Å². The third-order valence-corrected chi connectivity index (χ3v) is 5.50. The summed E-state index contributed by atoms with van der Waals surface area (Å²) in [6.07, 6.45) is 7.10. The number of piperidine rings is 1. The maximum Gasteiger partial charge on any atom is 0.410 e. The van der Waals surface area contributed by atoms with Crippen LogP contribution in [0, 0.1) is 11.8 Å². The van der Waals surface area contributed by atoms with Crippen molar-refractivity contribution in [2.45, 2.75) is 90.8 Å². The van der Waals surface area contributed by atoms with E-state index in [0.29, 0.717) is 6.04 Å². The smallest absolute Gasteiger partial charge is 0.410 e. The number of hydrogen-bond donors (Lipinski definition) is 1. The van der Waals surface area contributed by atoms with Crippen molar-refractivity contribution >= 4 is 6.09 Å². The highest BCUT2D eigenvalue weighted by molar-refractivity contribution is 5.68. The Bertz CT molecular complexity index is 391. The number of nitrogens with one attached hydrogen (secondary N) is 1. The molecule has 0 spiro atoms. The Morgan fingerprint density at radius 1 is 1.13 bits per heavy atom. The minimum Gasteiger partial charge on any atom is -0.444 e. The van der Waals surface area contributed by atoms with E-state index in [4.69, 9.17) is 4.74 Å². The number of amides is 1. The van der Waals surface area contributed by atoms with Gasteiger partial charge in [-0.3, -0.25) is 0 Å². The Morgan fingerprint density at radius 2 is 1.87 bits per heavy atom. The molecule has 0 radical (unpaired) electrons. The second-order valence-electron chi connectivity index (χ2n) is 8.70. The van der Waals surface area contributed by atoms with Gasteiger partial charge in [0.1, 0.15) is 5.60 Å². The molecule has 4 atom stereocenters. The Kier molecular flexibility index (Phi) is 6.35. The van der Waals surface area contributed by atoms with Gasteiger partial charge in [0.2, 0.25) is 0 Å². The first-order valence-corrected chi connectivity index (χ1v) is 9.49. The molecule has 1 heterocycles. The number of carbonyl (C=O) groups excluding carboxylic acids is 1. The maximum atomic E-state index is 12.4. The number of carbonyl (C=O) groups is 1. The lowest BCUT2D eigenvalue weighted by Gasteiger charge is -2.39. The molecule has 1 saturated heterocycles. The Balaban J connectivity index is 1.85. The van der Waals surface area contributed by atoms with E-state index in [1.54, 1.807) is 0 Å². The van der Waals surface area contributed by atoms with Crippen LogP contribution < -0.4 is 5.32 Å². The molecule has 1 saturated carbocycles. The summed E-state index contributed by atoms with van der Waals surface area (Å²) >= 11 is 0. The molecule has 2 aliphatic rings. The number of rotatable bonds is 3. The fraction of sp³-hybridized carbons (Fsp3) is 0.947. The summed E-state index contributed by atoms with van der Waals surface area (Å²) in [5, 5.41) is 3.74. The second-order valence-corrected chi connectivity index (χ2v) is 8.70. The second kappa shape index (κ2) is 7.87. The zero-order valence-corrected chi connectivity index (χ0v) is 15.7. The molecular weight excluding hydrogens is 288 g/mol. The van der Waals surface area contributed by atoms with Gasteiger partial charge in [-0.05, 0) is 71.1 Å². The molecule has 2 fully saturated rings. The van der Waals surface area contributed by atoms with Gasteiger partial charge in [-0.15, -0.1) is 0 Å². The van der Waals surface area contributed by atoms with Gasteiger partial charge in [0.05, 0.1) is 0 Å². The van der Waals surface area contributed by atoms with Crippen molar-refractivity contribution in [3.05, 3.63) is 0 Å². The van der Waals surface area contributed by atoms with Crippen LogP contribution in [0.2, 0.25) is 0 Å². The molecule has 4 unspecified atom stereocenters. The van der Waals surface area contributed by atoms with Crippen LogP contribution in [0.3, 0.4) is 0 Å². The molecule has 0 aromatic heterocycles. The van der Waals surface area contributed by atoms with Crippen LogP contribution in [0.25, 0.3) is 0 Å². The van der Waals surface area contributed by atoms with E-state index in [0.717, 1.165) is 37.8 Å². The highest BCUT2D eigenvalue weighted by atomic mass is 16.6. The maximum absolute atomic E-state index is 12.4. The average Bonchev–Trinajstić information content (AvgIpc) is 2.47. The highest BCUT2D eigenvalue weighted by Crippen LogP contribution is 2.29. The standard InChI is InChI=1S/C19H36N2O2/c1-14-9-10-16(12-15(14)2)20-13-17-8-6-7-11-21(17)18(22)23-19(3,4)5/h14-17,20H,6-13H2,1-5H3. The number of hydrogen-bond acceptors (Lipinski definition) is 3. The lowest BCUT2D eigenvalue weighted by atomic mass is 9.79. The largest absolute Gasteiger partial charge is 0.444 e. The van der Waals surface area contributed by atoms with E-state index < -0.39 is 5.60 Å². The van der Waals surface area contributed by atoms with Crippen molar-refractivity contribution in [2.75, 3.05) is 13.1 Å². The molecule has 1 N–H and O–H groups in total. The fourth-order valence-corrected chi connectivity index (χ4v) is 3.81. The molecule has 1 amide bonds. The summed E-state index contributed by atoms with van der Waals surface area (Å²) < 4.78 is 5.59. The molecule has 23 heavy (non-hydrogen) atoms. The third-order valence-electron chi connectivity index (χ3n) is 5.50. The zero-order valence-electron chi connectivity index (χ0n) is 15.7. The molecular formula is C19H36N2O2. The Morgan fingerprint density at radius 3 is 2.52 bits per heavy atom. The van der Waals surface area contributed by atoms with E-state index in [-0.39, 0.29) is 12.1 Å². The van der Waals surface area contributed by atoms with Gasteiger partial charge < -0.3 is 15.0 Å². The van der Waals surface area contributed by atoms with Gasteiger partial charge in [0.15, 0.2) is 0 Å². The van der Waals surface area contributed by atoms with Gasteiger partial charge in [-0.1, -0.05) is 13.8 Å². The normalized spacial score (nSPS) is 32.7. The lowest BCUT2D eigenvalue weighted by molar-refractivity contribution is 0.00934. The Labute approximate surface area is 142 Å². The van der Waals surface area contributed by atoms with E-state index >= 15 is 0 Å². The number of nitrogens with zero attached hydrogens (tertiary/aromatic N) is 1. The van der Waals surface area contributed by atoms with E-state index in [9.17, 15) is 4.79 Å². The van der Waals surface area contributed by atoms with Crippen LogP contribution >= 0.6 is 0 Å². The predicted octanol–water partition coefficient (Wildman–Crippen LogP) is 4.19. The van der Waals surface area contributed by atoms with Crippen LogP contribution in [0.1, 0.15) is 73.1 Å². The molecule has 1 aliphatic carbocycles. The third kappa shape index (κ3) is 5.66. The van der Waals surface area contributed by atoms with Crippen molar-refractivity contribution in [2.24, 2.45) is 11.8 Å². The number of ether oxygens (including phenoxy) is 1. The van der Waals surface area contributed by atoms with Crippen molar-refractivity contribution in [3.63, 3.8) is 0 Å². The first-order valence-electron chi connectivity index (χ1n) is 9.49. The van der Waals surface area contributed by atoms with Crippen LogP contribution in [0.5, 0.6) is 0 Å². The summed E-state index contributed by atoms with van der Waals surface area (Å²) in [4.78, 5) is 14.4. The summed E-state index contributed by atoms with van der Waals surface area (Å²) in [5.74, 6) is 1.65. The first kappa shape index (κ1) is 18.6. The molecule has 2 rings (SSSR count). The van der Waals surface area contributed by atoms with Crippen molar-refractivity contribution < 1.29 is 9.53 Å². The van der Waals surface area contributed by atoms with Gasteiger partial charge in [-0.2, -0.15) is 0 Å². The van der Waals surface area contributed by atoms with Crippen LogP contribution in [-0.2, 0) is 4.74 Å². The summed E-state index contributed by atoms with van der Waals surface area (Å²) in [6, 6.07) is 0.900. The van der Waals surface area contributed by atoms with Crippen LogP contribution in [0.4, 0.5) is 4.79 Å². The highest BCUT2D eigenvalue weighted by Gasteiger charge is 2.31. The minimum atomic E-state index is -0.415. The van der Waals surface area contributed by atoms with Crippen LogP contribution in [-0.4, -0.2) is 41.8 Å². The quantitative estimate of drug-likeness (QED) is 0.846. The minimum absolute atomic E-state index is 0.144. The fourth-order valence-electron chi connectivity index (χ4n) is 3.81. The monoisotopic (exact) mass is 324 g/mol. The molecule has 0 aromatic carbocycles. The van der Waals surface area contributed by atoms with Crippen LogP contribution in [0.15, 0.2) is 0 Å². The molecule has 0 aromatic rings. The first-order chi connectivity index (χ1) is 10.8. The van der Waals surface area contributed by atoms with Gasteiger partial charge in [-0.25, -0.2) is 4.79 Å². The Hall–Kier alpha value is -0.770. The van der Waals surface area contributed by atoms with Gasteiger partial charge in [0.25, 0.3) is 0 Å². The zero-order chi connectivity index (χ0) is 17.0. The van der Waals surface area contributed by atoms with E-state index in [2.05, 4.69) is 19.2 Å². The molecule has 4 nitrogen and oxygen atoms in total. The van der Waals surface area contributed by atoms with Crippen molar-refractivity contribution in [1.29, 1.82) is 0 Å².